The Labute approximate surface area is 204 Å². The number of hydrogen-bond acceptors (Lipinski definition) is 4. The summed E-state index contributed by atoms with van der Waals surface area (Å²) in [5.74, 6) is -0.825. The third-order valence-electron chi connectivity index (χ3n) is 7.16. The van der Waals surface area contributed by atoms with Gasteiger partial charge in [-0.05, 0) is 53.8 Å². The van der Waals surface area contributed by atoms with E-state index in [1.165, 1.54) is 28.6 Å². The van der Waals surface area contributed by atoms with Crippen LogP contribution in [-0.2, 0) is 16.4 Å². The second kappa shape index (κ2) is 9.68. The van der Waals surface area contributed by atoms with E-state index in [1.54, 1.807) is 12.1 Å². The quantitative estimate of drug-likeness (QED) is 0.534. The second-order valence-electron chi connectivity index (χ2n) is 9.50. The van der Waals surface area contributed by atoms with Crippen LogP contribution in [0.25, 0.3) is 0 Å². The molecule has 8 heteroatoms. The van der Waals surface area contributed by atoms with Crippen molar-refractivity contribution in [3.05, 3.63) is 95.6 Å². The maximum absolute atomic E-state index is 15.0. The van der Waals surface area contributed by atoms with Crippen LogP contribution < -0.4 is 4.90 Å². The van der Waals surface area contributed by atoms with Crippen LogP contribution >= 0.6 is 0 Å². The summed E-state index contributed by atoms with van der Waals surface area (Å²) in [6, 6.07) is 20.1. The van der Waals surface area contributed by atoms with Gasteiger partial charge in [-0.3, -0.25) is 0 Å². The number of benzene rings is 3. The number of aliphatic hydroxyl groups is 1. The normalized spacial score (nSPS) is 21.3. The Hall–Kier alpha value is -2.81. The monoisotopic (exact) mass is 498 g/mol. The zero-order chi connectivity index (χ0) is 24.6. The molecule has 0 amide bonds. The lowest BCUT2D eigenvalue weighted by Gasteiger charge is -2.41. The van der Waals surface area contributed by atoms with E-state index in [0.717, 1.165) is 23.6 Å². The van der Waals surface area contributed by atoms with Crippen molar-refractivity contribution in [3.63, 3.8) is 0 Å². The van der Waals surface area contributed by atoms with Gasteiger partial charge in [0, 0.05) is 44.6 Å². The Kier molecular flexibility index (Phi) is 6.61. The molecule has 0 saturated carbocycles. The summed E-state index contributed by atoms with van der Waals surface area (Å²) in [7, 11) is -3.90. The van der Waals surface area contributed by atoms with Crippen LogP contribution in [0.5, 0.6) is 0 Å². The van der Waals surface area contributed by atoms with Crippen molar-refractivity contribution in [1.29, 1.82) is 0 Å². The van der Waals surface area contributed by atoms with Crippen LogP contribution in [0.3, 0.4) is 0 Å². The predicted octanol–water partition coefficient (Wildman–Crippen LogP) is 4.04. The first-order chi connectivity index (χ1) is 16.8. The SMILES string of the molecule is O=S(=O)(c1ccc(N2CC(Cc3ccc(F)cc3)C2)c(F)c1)N1C[C@@H](CO)[C@H](c2ccccc2)C1. The summed E-state index contributed by atoms with van der Waals surface area (Å²) in [5, 5.41) is 9.85. The van der Waals surface area contributed by atoms with Crippen molar-refractivity contribution in [2.75, 3.05) is 37.7 Å². The summed E-state index contributed by atoms with van der Waals surface area (Å²) in [4.78, 5) is 1.82. The first-order valence-electron chi connectivity index (χ1n) is 11.8. The lowest BCUT2D eigenvalue weighted by molar-refractivity contribution is 0.223. The van der Waals surface area contributed by atoms with Gasteiger partial charge in [0.1, 0.15) is 11.6 Å². The van der Waals surface area contributed by atoms with Gasteiger partial charge in [0.2, 0.25) is 10.0 Å². The average molecular weight is 499 g/mol. The van der Waals surface area contributed by atoms with Crippen molar-refractivity contribution < 1.29 is 22.3 Å². The van der Waals surface area contributed by atoms with E-state index in [9.17, 15) is 17.9 Å². The maximum Gasteiger partial charge on any atom is 0.243 e. The Balaban J connectivity index is 1.26. The van der Waals surface area contributed by atoms with Gasteiger partial charge in [0.05, 0.1) is 10.6 Å². The molecule has 0 bridgehead atoms. The fraction of sp³-hybridized carbons (Fsp3) is 0.333. The van der Waals surface area contributed by atoms with Crippen molar-refractivity contribution in [2.45, 2.75) is 17.2 Å². The maximum atomic E-state index is 15.0. The minimum absolute atomic E-state index is 0.0764. The minimum atomic E-state index is -3.90. The van der Waals surface area contributed by atoms with Crippen LogP contribution in [-0.4, -0.2) is 50.6 Å². The Bertz CT molecular complexity index is 1280. The van der Waals surface area contributed by atoms with Gasteiger partial charge >= 0.3 is 0 Å². The number of sulfonamides is 1. The second-order valence-corrected chi connectivity index (χ2v) is 11.4. The number of anilines is 1. The molecule has 2 aliphatic heterocycles. The fourth-order valence-electron chi connectivity index (χ4n) is 5.19. The van der Waals surface area contributed by atoms with E-state index in [1.807, 2.05) is 35.2 Å². The smallest absolute Gasteiger partial charge is 0.243 e. The van der Waals surface area contributed by atoms with Gasteiger partial charge in [0.25, 0.3) is 0 Å². The van der Waals surface area contributed by atoms with E-state index in [4.69, 9.17) is 0 Å². The molecule has 0 unspecified atom stereocenters. The standard InChI is InChI=1S/C27H28F2N2O3S/c28-23-8-6-19(7-9-23)12-20-14-30(15-20)27-11-10-24(13-26(27)29)35(33,34)31-16-22(18-32)25(17-31)21-4-2-1-3-5-21/h1-11,13,20,22,25,32H,12,14-18H2/t22-,25-/m0/s1. The largest absolute Gasteiger partial charge is 0.396 e. The molecule has 5 nitrogen and oxygen atoms in total. The van der Waals surface area contributed by atoms with E-state index in [0.29, 0.717) is 24.7 Å². The number of nitrogens with zero attached hydrogens (tertiary/aromatic N) is 2. The van der Waals surface area contributed by atoms with Crippen molar-refractivity contribution in [3.8, 4) is 0 Å². The van der Waals surface area contributed by atoms with E-state index < -0.39 is 15.8 Å². The molecule has 2 saturated heterocycles. The highest BCUT2D eigenvalue weighted by Gasteiger charge is 2.40. The highest BCUT2D eigenvalue weighted by Crippen LogP contribution is 2.37. The summed E-state index contributed by atoms with van der Waals surface area (Å²) in [6.07, 6.45) is 0.786. The lowest BCUT2D eigenvalue weighted by Crippen LogP contribution is -2.48. The topological polar surface area (TPSA) is 60.9 Å². The third kappa shape index (κ3) is 4.83. The van der Waals surface area contributed by atoms with Crippen LogP contribution in [0.1, 0.15) is 17.0 Å². The zero-order valence-electron chi connectivity index (χ0n) is 19.2. The summed E-state index contributed by atoms with van der Waals surface area (Å²) in [5.41, 5.74) is 2.41. The van der Waals surface area contributed by atoms with E-state index in [2.05, 4.69) is 0 Å². The van der Waals surface area contributed by atoms with Crippen LogP contribution in [0.4, 0.5) is 14.5 Å². The molecular weight excluding hydrogens is 470 g/mol. The average Bonchev–Trinajstić information content (AvgIpc) is 3.29. The first-order valence-corrected chi connectivity index (χ1v) is 13.2. The van der Waals surface area contributed by atoms with Gasteiger partial charge in [-0.1, -0.05) is 42.5 Å². The van der Waals surface area contributed by atoms with Crippen molar-refractivity contribution in [1.82, 2.24) is 4.31 Å². The fourth-order valence-corrected chi connectivity index (χ4v) is 6.73. The number of aliphatic hydroxyl groups excluding tert-OH is 1. The van der Waals surface area contributed by atoms with Crippen molar-refractivity contribution in [2.24, 2.45) is 11.8 Å². The molecule has 1 N–H and O–H groups in total. The molecule has 35 heavy (non-hydrogen) atoms. The molecule has 0 aromatic heterocycles. The van der Waals surface area contributed by atoms with E-state index >= 15 is 4.39 Å². The Morgan fingerprint density at radius 1 is 0.886 bits per heavy atom. The van der Waals surface area contributed by atoms with Gasteiger partial charge in [-0.15, -0.1) is 0 Å². The Morgan fingerprint density at radius 2 is 1.60 bits per heavy atom. The van der Waals surface area contributed by atoms with Crippen molar-refractivity contribution >= 4 is 15.7 Å². The molecule has 0 aliphatic carbocycles. The van der Waals surface area contributed by atoms with Gasteiger partial charge < -0.3 is 10.0 Å². The van der Waals surface area contributed by atoms with Gasteiger partial charge in [-0.25, -0.2) is 17.2 Å². The number of halogens is 2. The molecular formula is C27H28F2N2O3S. The molecule has 184 valence electrons. The third-order valence-corrected chi connectivity index (χ3v) is 8.99. The molecule has 5 rings (SSSR count). The summed E-state index contributed by atoms with van der Waals surface area (Å²) >= 11 is 0. The molecule has 3 aromatic rings. The highest BCUT2D eigenvalue weighted by molar-refractivity contribution is 7.89. The molecule has 3 aromatic carbocycles. The zero-order valence-corrected chi connectivity index (χ0v) is 20.0. The highest BCUT2D eigenvalue weighted by atomic mass is 32.2. The minimum Gasteiger partial charge on any atom is -0.396 e. The molecule has 2 aliphatic rings. The molecule has 0 radical (unpaired) electrons. The van der Waals surface area contributed by atoms with E-state index in [-0.39, 0.29) is 42.2 Å². The predicted molar refractivity (Wildman–Crippen MR) is 131 cm³/mol. The molecule has 2 heterocycles. The van der Waals surface area contributed by atoms with Gasteiger partial charge in [0.15, 0.2) is 0 Å². The summed E-state index contributed by atoms with van der Waals surface area (Å²) in [6.45, 7) is 1.64. The van der Waals surface area contributed by atoms with Gasteiger partial charge in [-0.2, -0.15) is 4.31 Å². The number of rotatable bonds is 7. The lowest BCUT2D eigenvalue weighted by atomic mass is 9.90. The molecule has 2 atom stereocenters. The van der Waals surface area contributed by atoms with Crippen LogP contribution in [0.2, 0.25) is 0 Å². The van der Waals surface area contributed by atoms with Crippen LogP contribution in [0.15, 0.2) is 77.7 Å². The first kappa shape index (κ1) is 23.9. The Morgan fingerprint density at radius 3 is 2.26 bits per heavy atom. The molecule has 0 spiro atoms. The summed E-state index contributed by atoms with van der Waals surface area (Å²) < 4.78 is 56.1. The van der Waals surface area contributed by atoms with Crippen LogP contribution in [0, 0.1) is 23.5 Å². The molecule has 2 fully saturated rings. The number of hydrogen-bond donors (Lipinski definition) is 1.